The van der Waals surface area contributed by atoms with Crippen molar-refractivity contribution in [3.63, 3.8) is 0 Å². The van der Waals surface area contributed by atoms with Crippen LogP contribution in [0.1, 0.15) is 354 Å². The first-order valence-corrected chi connectivity index (χ1v) is 40.7. The zero-order chi connectivity index (χ0) is 70.1. The number of amides is 1. The van der Waals surface area contributed by atoms with E-state index in [0.717, 1.165) is 89.9 Å². The maximum absolute atomic E-state index is 13.4. The van der Waals surface area contributed by atoms with Crippen LogP contribution in [0.4, 0.5) is 0 Å². The summed E-state index contributed by atoms with van der Waals surface area (Å²) in [7, 11) is 0. The van der Waals surface area contributed by atoms with Crippen LogP contribution in [-0.2, 0) is 23.7 Å². The summed E-state index contributed by atoms with van der Waals surface area (Å²) < 4.78 is 23.0. The molecule has 2 aliphatic heterocycles. The smallest absolute Gasteiger partial charge is 0.220 e. The Hall–Kier alpha value is -2.57. The fourth-order valence-electron chi connectivity index (χ4n) is 13.3. The minimum Gasteiger partial charge on any atom is -0.394 e. The van der Waals surface area contributed by atoms with Gasteiger partial charge in [-0.1, -0.05) is 356 Å². The first-order chi connectivity index (χ1) is 47.6. The van der Waals surface area contributed by atoms with Crippen LogP contribution in [0.25, 0.3) is 0 Å². The van der Waals surface area contributed by atoms with Gasteiger partial charge in [-0.2, -0.15) is 0 Å². The van der Waals surface area contributed by atoms with Crippen molar-refractivity contribution in [2.24, 2.45) is 0 Å². The van der Waals surface area contributed by atoms with E-state index in [2.05, 4.69) is 92.1 Å². The molecule has 2 heterocycles. The van der Waals surface area contributed by atoms with E-state index in [4.69, 9.17) is 18.9 Å². The summed E-state index contributed by atoms with van der Waals surface area (Å²) in [5, 5.41) is 87.9. The van der Waals surface area contributed by atoms with Crippen LogP contribution < -0.4 is 5.32 Å². The number of hydrogen-bond donors (Lipinski definition) is 9. The zero-order valence-electron chi connectivity index (χ0n) is 62.1. The van der Waals surface area contributed by atoms with Crippen LogP contribution in [0.3, 0.4) is 0 Å². The molecule has 0 aromatic rings. The van der Waals surface area contributed by atoms with Crippen molar-refractivity contribution in [2.45, 2.75) is 428 Å². The van der Waals surface area contributed by atoms with Crippen LogP contribution >= 0.6 is 0 Å². The predicted molar refractivity (Wildman–Crippen MR) is 401 cm³/mol. The van der Waals surface area contributed by atoms with Crippen LogP contribution in [0.2, 0.25) is 0 Å². The van der Waals surface area contributed by atoms with Crippen molar-refractivity contribution in [1.82, 2.24) is 5.32 Å². The minimum atomic E-state index is -1.78. The lowest BCUT2D eigenvalue weighted by Crippen LogP contribution is -2.65. The Morgan fingerprint density at radius 2 is 0.711 bits per heavy atom. The number of rotatable bonds is 68. The van der Waals surface area contributed by atoms with Gasteiger partial charge in [0.15, 0.2) is 12.6 Å². The van der Waals surface area contributed by atoms with Gasteiger partial charge >= 0.3 is 0 Å². The molecule has 9 N–H and O–H groups in total. The van der Waals surface area contributed by atoms with Crippen molar-refractivity contribution < 1.29 is 64.6 Å². The quantitative estimate of drug-likeness (QED) is 0.0204. The van der Waals surface area contributed by atoms with E-state index < -0.39 is 86.8 Å². The Balaban J connectivity index is 1.58. The topological polar surface area (TPSA) is 228 Å². The maximum Gasteiger partial charge on any atom is 0.220 e. The number of allylic oxidation sites excluding steroid dienone is 12. The van der Waals surface area contributed by atoms with E-state index in [1.165, 1.54) is 238 Å². The van der Waals surface area contributed by atoms with Crippen molar-refractivity contribution in [3.8, 4) is 0 Å². The third-order valence-corrected chi connectivity index (χ3v) is 19.7. The van der Waals surface area contributed by atoms with Gasteiger partial charge in [0, 0.05) is 6.42 Å². The highest BCUT2D eigenvalue weighted by Gasteiger charge is 2.51. The fraction of sp³-hybridized carbons (Fsp3) is 0.843. The number of hydrogen-bond acceptors (Lipinski definition) is 13. The second-order valence-corrected chi connectivity index (χ2v) is 28.5. The van der Waals surface area contributed by atoms with Gasteiger partial charge in [-0.25, -0.2) is 0 Å². The Morgan fingerprint density at radius 1 is 0.381 bits per heavy atom. The minimum absolute atomic E-state index is 0.201. The van der Waals surface area contributed by atoms with Crippen molar-refractivity contribution in [3.05, 3.63) is 72.9 Å². The predicted octanol–water partition coefficient (Wildman–Crippen LogP) is 18.5. The molecule has 0 bridgehead atoms. The summed E-state index contributed by atoms with van der Waals surface area (Å²) in [5.74, 6) is -0.201. The lowest BCUT2D eigenvalue weighted by Gasteiger charge is -2.46. The molecule has 0 spiro atoms. The molecule has 14 heteroatoms. The molecule has 0 saturated carbocycles. The molecule has 2 aliphatic rings. The third-order valence-electron chi connectivity index (χ3n) is 19.7. The number of aliphatic hydroxyl groups is 8. The normalized spacial score (nSPS) is 22.5. The van der Waals surface area contributed by atoms with E-state index >= 15 is 0 Å². The molecule has 2 rings (SSSR count). The van der Waals surface area contributed by atoms with Gasteiger partial charge in [0.25, 0.3) is 0 Å². The van der Waals surface area contributed by atoms with E-state index in [9.17, 15) is 45.6 Å². The Kier molecular flexibility index (Phi) is 62.2. The highest BCUT2D eigenvalue weighted by Crippen LogP contribution is 2.30. The zero-order valence-corrected chi connectivity index (χ0v) is 62.1. The summed E-state index contributed by atoms with van der Waals surface area (Å²) in [6, 6.07) is -0.831. The molecule has 0 aliphatic carbocycles. The highest BCUT2D eigenvalue weighted by atomic mass is 16.7. The lowest BCUT2D eigenvalue weighted by molar-refractivity contribution is -0.359. The number of aliphatic hydroxyl groups excluding tert-OH is 8. The summed E-state index contributed by atoms with van der Waals surface area (Å²) in [4.78, 5) is 13.4. The summed E-state index contributed by atoms with van der Waals surface area (Å²) in [6.07, 6.45) is 75.1. The fourth-order valence-corrected chi connectivity index (χ4v) is 13.3. The average molecular weight is 1370 g/mol. The first kappa shape index (κ1) is 90.5. The molecule has 0 aromatic heterocycles. The molecule has 2 saturated heterocycles. The second-order valence-electron chi connectivity index (χ2n) is 28.5. The molecule has 12 atom stereocenters. The van der Waals surface area contributed by atoms with Gasteiger partial charge in [0.1, 0.15) is 48.8 Å². The van der Waals surface area contributed by atoms with Crippen molar-refractivity contribution in [1.29, 1.82) is 0 Å². The van der Waals surface area contributed by atoms with Crippen LogP contribution in [-0.4, -0.2) is 140 Å². The van der Waals surface area contributed by atoms with Gasteiger partial charge in [0.05, 0.1) is 32.0 Å². The molecule has 14 nitrogen and oxygen atoms in total. The van der Waals surface area contributed by atoms with Crippen LogP contribution in [0.5, 0.6) is 0 Å². The number of nitrogens with one attached hydrogen (secondary N) is 1. The van der Waals surface area contributed by atoms with Crippen LogP contribution in [0, 0.1) is 0 Å². The number of carbonyl (C=O) groups is 1. The lowest BCUT2D eigenvalue weighted by atomic mass is 9.97. The molecular formula is C83H151NO13. The summed E-state index contributed by atoms with van der Waals surface area (Å²) >= 11 is 0. The first-order valence-electron chi connectivity index (χ1n) is 40.7. The van der Waals surface area contributed by atoms with E-state index in [-0.39, 0.29) is 12.5 Å². The van der Waals surface area contributed by atoms with Gasteiger partial charge in [-0.3, -0.25) is 4.79 Å². The Bertz CT molecular complexity index is 1910. The average Bonchev–Trinajstić information content (AvgIpc) is 0.794. The van der Waals surface area contributed by atoms with Crippen molar-refractivity contribution in [2.75, 3.05) is 19.8 Å². The standard InChI is InChI=1S/C83H151NO13/c1-3-5-7-9-11-13-15-17-19-21-23-25-27-29-30-31-32-33-34-35-36-37-38-39-40-41-42-43-45-47-49-51-53-55-57-59-61-63-65-67-75(88)84-71(70-94-82-80(93)78(91)81(74(69-86)96-82)97-83-79(92)77(90)76(89)73(68-85)95-83)72(87)66-64-62-60-58-56-54-52-50-48-46-44-28-26-24-22-20-18-16-14-12-10-8-6-4-2/h5,7,11,13,17,19,23,25,29-30,32-33,71-74,76-83,85-87,89-93H,3-4,6,8-10,12,14-16,18,20-22,24,26-28,31,34-70H2,1-2H3,(H,84,88)/b7-5-,13-11-,19-17-,25-23-,30-29-,33-32-. The number of ether oxygens (including phenoxy) is 4. The van der Waals surface area contributed by atoms with Gasteiger partial charge in [-0.05, 0) is 64.2 Å². The molecule has 12 unspecified atom stereocenters. The molecule has 1 amide bonds. The SMILES string of the molecule is CC/C=C\C/C=C\C/C=C\C/C=C\C/C=C\C/C=C\CCCCCCCCCCCCCCCCCCCCCCC(=O)NC(COC1OC(CO)C(OC2OC(CO)C(O)C(O)C2O)C(O)C1O)C(O)CCCCCCCCCCCCCCCCCCCCCCCCCC. The number of carbonyl (C=O) groups excluding carboxylic acids is 1. The van der Waals surface area contributed by atoms with E-state index in [1.54, 1.807) is 0 Å². The Labute approximate surface area is 593 Å². The third kappa shape index (κ3) is 49.6. The molecule has 566 valence electrons. The van der Waals surface area contributed by atoms with Gasteiger partial charge in [0.2, 0.25) is 5.91 Å². The molecule has 2 fully saturated rings. The largest absolute Gasteiger partial charge is 0.394 e. The molecule has 0 aromatic carbocycles. The maximum atomic E-state index is 13.4. The number of unbranched alkanes of at least 4 members (excludes halogenated alkanes) is 43. The van der Waals surface area contributed by atoms with E-state index in [0.29, 0.717) is 12.8 Å². The van der Waals surface area contributed by atoms with E-state index in [1.807, 2.05) is 0 Å². The second kappa shape index (κ2) is 66.7. The molecule has 97 heavy (non-hydrogen) atoms. The Morgan fingerprint density at radius 3 is 1.09 bits per heavy atom. The van der Waals surface area contributed by atoms with Crippen LogP contribution in [0.15, 0.2) is 72.9 Å². The summed E-state index contributed by atoms with van der Waals surface area (Å²) in [5.41, 5.74) is 0. The monoisotopic (exact) mass is 1370 g/mol. The van der Waals surface area contributed by atoms with Crippen molar-refractivity contribution >= 4 is 5.91 Å². The molecule has 0 radical (unpaired) electrons. The highest BCUT2D eigenvalue weighted by molar-refractivity contribution is 5.76. The summed E-state index contributed by atoms with van der Waals surface area (Å²) in [6.45, 7) is 2.80. The molecular weight excluding hydrogens is 1220 g/mol. The van der Waals surface area contributed by atoms with Gasteiger partial charge in [-0.15, -0.1) is 0 Å². The van der Waals surface area contributed by atoms with Gasteiger partial charge < -0.3 is 65.1 Å².